The van der Waals surface area contributed by atoms with Gasteiger partial charge in [0.2, 0.25) is 0 Å². The van der Waals surface area contributed by atoms with Crippen LogP contribution in [0.1, 0.15) is 6.92 Å². The van der Waals surface area contributed by atoms with Gasteiger partial charge < -0.3 is 0 Å². The Morgan fingerprint density at radius 3 is 3.09 bits per heavy atom. The Bertz CT molecular complexity index is 259. The number of thiophene rings is 1. The molecule has 0 saturated carbocycles. The molecule has 0 aromatic carbocycles. The molecule has 0 saturated heterocycles. The monoisotopic (exact) mass is 189 g/mol. The van der Waals surface area contributed by atoms with E-state index in [-0.39, 0.29) is 10.6 Å². The van der Waals surface area contributed by atoms with E-state index in [1.807, 2.05) is 6.92 Å². The third-order valence-electron chi connectivity index (χ3n) is 1.08. The second-order valence-electron chi connectivity index (χ2n) is 1.78. The molecule has 0 aliphatic rings. The zero-order valence-corrected chi connectivity index (χ0v) is 7.58. The number of hydrogen-bond donors (Lipinski definition) is 0. The number of nitro groups is 1. The highest BCUT2D eigenvalue weighted by Gasteiger charge is 2.13. The first kappa shape index (κ1) is 8.55. The normalized spacial score (nSPS) is 9.91. The molecule has 1 aromatic heterocycles. The van der Waals surface area contributed by atoms with Crippen LogP contribution in [0.3, 0.4) is 0 Å². The van der Waals surface area contributed by atoms with Crippen molar-refractivity contribution >= 4 is 28.8 Å². The molecule has 0 atom stereocenters. The number of hydrogen-bond acceptors (Lipinski definition) is 4. The van der Waals surface area contributed by atoms with Crippen LogP contribution < -0.4 is 0 Å². The minimum atomic E-state index is -0.339. The van der Waals surface area contributed by atoms with Crippen molar-refractivity contribution in [1.82, 2.24) is 0 Å². The van der Waals surface area contributed by atoms with Crippen LogP contribution in [0.25, 0.3) is 0 Å². The fourth-order valence-electron chi connectivity index (χ4n) is 0.663. The maximum atomic E-state index is 10.4. The minimum absolute atomic E-state index is 0.238. The summed E-state index contributed by atoms with van der Waals surface area (Å²) < 4.78 is 0.803. The van der Waals surface area contributed by atoms with E-state index < -0.39 is 0 Å². The maximum Gasteiger partial charge on any atom is 0.293 e. The summed E-state index contributed by atoms with van der Waals surface area (Å²) >= 11 is 2.94. The van der Waals surface area contributed by atoms with Crippen LogP contribution in [0.5, 0.6) is 0 Å². The maximum absolute atomic E-state index is 10.4. The molecule has 0 spiro atoms. The Morgan fingerprint density at radius 2 is 2.55 bits per heavy atom. The molecule has 11 heavy (non-hydrogen) atoms. The molecule has 60 valence electrons. The van der Waals surface area contributed by atoms with Gasteiger partial charge in [0.05, 0.1) is 4.92 Å². The largest absolute Gasteiger partial charge is 0.293 e. The first-order chi connectivity index (χ1) is 5.25. The van der Waals surface area contributed by atoms with E-state index >= 15 is 0 Å². The summed E-state index contributed by atoms with van der Waals surface area (Å²) in [7, 11) is 0. The van der Waals surface area contributed by atoms with E-state index in [2.05, 4.69) is 0 Å². The van der Waals surface area contributed by atoms with Crippen molar-refractivity contribution in [3.8, 4) is 0 Å². The van der Waals surface area contributed by atoms with Crippen molar-refractivity contribution in [1.29, 1.82) is 0 Å². The predicted molar refractivity (Wildman–Crippen MR) is 47.4 cm³/mol. The Hall–Kier alpha value is -0.550. The van der Waals surface area contributed by atoms with Crippen LogP contribution in [0.4, 0.5) is 5.69 Å². The first-order valence-electron chi connectivity index (χ1n) is 3.10. The molecular weight excluding hydrogens is 182 g/mol. The summed E-state index contributed by atoms with van der Waals surface area (Å²) in [6, 6.07) is 1.54. The Balaban J connectivity index is 2.87. The average molecular weight is 189 g/mol. The third kappa shape index (κ3) is 1.94. The lowest BCUT2D eigenvalue weighted by Gasteiger charge is -1.91. The van der Waals surface area contributed by atoms with Crippen molar-refractivity contribution in [2.75, 3.05) is 5.75 Å². The van der Waals surface area contributed by atoms with Gasteiger partial charge in [0, 0.05) is 6.07 Å². The van der Waals surface area contributed by atoms with Crippen molar-refractivity contribution in [2.45, 2.75) is 11.1 Å². The molecule has 3 nitrogen and oxygen atoms in total. The molecule has 0 fully saturated rings. The van der Waals surface area contributed by atoms with Gasteiger partial charge in [-0.1, -0.05) is 6.92 Å². The fourth-order valence-corrected chi connectivity index (χ4v) is 2.59. The molecule has 0 bridgehead atoms. The van der Waals surface area contributed by atoms with Crippen LogP contribution in [0, 0.1) is 10.1 Å². The SMILES string of the molecule is CCSc1sccc1[N+](=O)[O-]. The van der Waals surface area contributed by atoms with Gasteiger partial charge in [-0.3, -0.25) is 10.1 Å². The second kappa shape index (κ2) is 3.73. The average Bonchev–Trinajstić information content (AvgIpc) is 2.36. The third-order valence-corrected chi connectivity index (χ3v) is 3.18. The van der Waals surface area contributed by atoms with Gasteiger partial charge in [0.1, 0.15) is 4.21 Å². The van der Waals surface area contributed by atoms with E-state index in [1.165, 1.54) is 23.1 Å². The van der Waals surface area contributed by atoms with Crippen LogP contribution in [-0.2, 0) is 0 Å². The fraction of sp³-hybridized carbons (Fsp3) is 0.333. The Labute approximate surface area is 72.6 Å². The van der Waals surface area contributed by atoms with Gasteiger partial charge in [0.15, 0.2) is 0 Å². The minimum Gasteiger partial charge on any atom is -0.258 e. The molecule has 1 rings (SSSR count). The van der Waals surface area contributed by atoms with Crippen LogP contribution >= 0.6 is 23.1 Å². The van der Waals surface area contributed by atoms with Gasteiger partial charge in [0.25, 0.3) is 5.69 Å². The van der Waals surface area contributed by atoms with Gasteiger partial charge in [-0.15, -0.1) is 23.1 Å². The van der Waals surface area contributed by atoms with Gasteiger partial charge in [-0.2, -0.15) is 0 Å². The smallest absolute Gasteiger partial charge is 0.258 e. The molecule has 0 radical (unpaired) electrons. The zero-order chi connectivity index (χ0) is 8.27. The number of rotatable bonds is 3. The van der Waals surface area contributed by atoms with E-state index in [9.17, 15) is 10.1 Å². The summed E-state index contributed by atoms with van der Waals surface area (Å²) in [5.41, 5.74) is 0.238. The molecule has 1 aromatic rings. The molecule has 5 heteroatoms. The van der Waals surface area contributed by atoms with Gasteiger partial charge in [-0.05, 0) is 11.1 Å². The Kier molecular flexibility index (Phi) is 2.90. The molecule has 0 aliphatic carbocycles. The second-order valence-corrected chi connectivity index (χ2v) is 4.23. The van der Waals surface area contributed by atoms with Crippen LogP contribution in [-0.4, -0.2) is 10.7 Å². The van der Waals surface area contributed by atoms with Crippen molar-refractivity contribution in [3.05, 3.63) is 21.6 Å². The van der Waals surface area contributed by atoms with Gasteiger partial charge in [-0.25, -0.2) is 0 Å². The lowest BCUT2D eigenvalue weighted by atomic mass is 10.6. The zero-order valence-electron chi connectivity index (χ0n) is 5.94. The van der Waals surface area contributed by atoms with Crippen molar-refractivity contribution in [2.24, 2.45) is 0 Å². The van der Waals surface area contributed by atoms with E-state index in [0.29, 0.717) is 0 Å². The lowest BCUT2D eigenvalue weighted by molar-refractivity contribution is -0.387. The van der Waals surface area contributed by atoms with Crippen molar-refractivity contribution < 1.29 is 4.92 Å². The topological polar surface area (TPSA) is 43.1 Å². The lowest BCUT2D eigenvalue weighted by Crippen LogP contribution is -1.85. The van der Waals surface area contributed by atoms with Gasteiger partial charge >= 0.3 is 0 Å². The highest BCUT2D eigenvalue weighted by atomic mass is 32.2. The summed E-state index contributed by atoms with van der Waals surface area (Å²) in [4.78, 5) is 10.0. The molecule has 1 heterocycles. The molecular formula is C6H7NO2S2. The first-order valence-corrected chi connectivity index (χ1v) is 4.97. The molecule has 0 amide bonds. The highest BCUT2D eigenvalue weighted by Crippen LogP contribution is 2.33. The number of thioether (sulfide) groups is 1. The van der Waals surface area contributed by atoms with E-state index in [0.717, 1.165) is 9.96 Å². The highest BCUT2D eigenvalue weighted by molar-refractivity contribution is 8.01. The standard InChI is InChI=1S/C6H7NO2S2/c1-2-10-6-5(7(8)9)3-4-11-6/h3-4H,2H2,1H3. The molecule has 0 N–H and O–H groups in total. The Morgan fingerprint density at radius 1 is 1.82 bits per heavy atom. The predicted octanol–water partition coefficient (Wildman–Crippen LogP) is 2.77. The van der Waals surface area contributed by atoms with Crippen molar-refractivity contribution in [3.63, 3.8) is 0 Å². The summed E-state index contributed by atoms with van der Waals surface area (Å²) in [6.45, 7) is 1.98. The quantitative estimate of drug-likeness (QED) is 0.417. The molecule has 0 aliphatic heterocycles. The number of nitrogens with zero attached hydrogens (tertiary/aromatic N) is 1. The molecule has 0 unspecified atom stereocenters. The summed E-state index contributed by atoms with van der Waals surface area (Å²) in [6.07, 6.45) is 0. The summed E-state index contributed by atoms with van der Waals surface area (Å²) in [5.74, 6) is 0.876. The van der Waals surface area contributed by atoms with Crippen LogP contribution in [0.2, 0.25) is 0 Å². The van der Waals surface area contributed by atoms with E-state index in [1.54, 1.807) is 11.4 Å². The summed E-state index contributed by atoms with van der Waals surface area (Å²) in [5, 5.41) is 12.1. The van der Waals surface area contributed by atoms with E-state index in [4.69, 9.17) is 0 Å². The van der Waals surface area contributed by atoms with Crippen LogP contribution in [0.15, 0.2) is 15.7 Å².